The molecule has 1 aromatic heterocycles. The van der Waals surface area contributed by atoms with E-state index in [1.165, 1.54) is 0 Å². The number of carbonyl (C=O) groups excluding carboxylic acids is 1. The Morgan fingerprint density at radius 3 is 2.33 bits per heavy atom. The van der Waals surface area contributed by atoms with E-state index in [0.717, 1.165) is 32.7 Å². The Bertz CT molecular complexity index is 675. The highest BCUT2D eigenvalue weighted by Crippen LogP contribution is 2.26. The third-order valence-electron chi connectivity index (χ3n) is 3.25. The zero-order valence-corrected chi connectivity index (χ0v) is 14.1. The van der Waals surface area contributed by atoms with Gasteiger partial charge in [-0.15, -0.1) is 0 Å². The third kappa shape index (κ3) is 3.42. The molecule has 0 fully saturated rings. The molecule has 1 heterocycles. The molecule has 0 unspecified atom stereocenters. The van der Waals surface area contributed by atoms with Crippen LogP contribution in [0.15, 0.2) is 28.9 Å². The Morgan fingerprint density at radius 1 is 1.14 bits per heavy atom. The van der Waals surface area contributed by atoms with Crippen molar-refractivity contribution in [3.63, 3.8) is 0 Å². The Labute approximate surface area is 133 Å². The second kappa shape index (κ2) is 6.26. The summed E-state index contributed by atoms with van der Waals surface area (Å²) in [6.45, 7) is 5.89. The second-order valence-electron chi connectivity index (χ2n) is 5.00. The summed E-state index contributed by atoms with van der Waals surface area (Å²) in [5.74, 6) is -0.173. The highest BCUT2D eigenvalue weighted by molar-refractivity contribution is 9.10. The lowest BCUT2D eigenvalue weighted by molar-refractivity contribution is 0.102. The quantitative estimate of drug-likeness (QED) is 0.879. The summed E-state index contributed by atoms with van der Waals surface area (Å²) in [6, 6.07) is 5.73. The van der Waals surface area contributed by atoms with Crippen molar-refractivity contribution in [1.29, 1.82) is 0 Å². The molecule has 110 valence electrons. The summed E-state index contributed by atoms with van der Waals surface area (Å²) in [5.41, 5.74) is 5.11. The zero-order chi connectivity index (χ0) is 15.6. The molecule has 0 atom stereocenters. The van der Waals surface area contributed by atoms with E-state index >= 15 is 0 Å². The molecule has 1 amide bonds. The standard InChI is InChI=1S/C16H18BrN3O/c1-9-5-12(6-10(2)15(9)17)20-16(21)13-8-19-11(3)7-14(13)18-4/h5-8H,1-4H3,(H,18,19)(H,20,21). The minimum absolute atomic E-state index is 0.173. The molecule has 1 aromatic carbocycles. The number of aromatic nitrogens is 1. The van der Waals surface area contributed by atoms with Crippen LogP contribution in [0.5, 0.6) is 0 Å². The van der Waals surface area contributed by atoms with Gasteiger partial charge in [0, 0.05) is 29.1 Å². The molecule has 0 spiro atoms. The minimum Gasteiger partial charge on any atom is -0.387 e. The molecule has 0 bridgehead atoms. The average molecular weight is 348 g/mol. The lowest BCUT2D eigenvalue weighted by Crippen LogP contribution is -2.15. The van der Waals surface area contributed by atoms with Gasteiger partial charge in [-0.1, -0.05) is 15.9 Å². The molecule has 2 aromatic rings. The molecule has 2 N–H and O–H groups in total. The predicted molar refractivity (Wildman–Crippen MR) is 90.1 cm³/mol. The van der Waals surface area contributed by atoms with Crippen LogP contribution < -0.4 is 10.6 Å². The first-order valence-corrected chi connectivity index (χ1v) is 7.44. The van der Waals surface area contributed by atoms with Gasteiger partial charge in [-0.05, 0) is 50.1 Å². The van der Waals surface area contributed by atoms with E-state index < -0.39 is 0 Å². The van der Waals surface area contributed by atoms with E-state index in [4.69, 9.17) is 0 Å². The van der Waals surface area contributed by atoms with Crippen molar-refractivity contribution in [2.45, 2.75) is 20.8 Å². The van der Waals surface area contributed by atoms with Gasteiger partial charge in [-0.2, -0.15) is 0 Å². The van der Waals surface area contributed by atoms with Gasteiger partial charge < -0.3 is 10.6 Å². The number of amides is 1. The van der Waals surface area contributed by atoms with Crippen molar-refractivity contribution in [1.82, 2.24) is 4.98 Å². The highest BCUT2D eigenvalue weighted by Gasteiger charge is 2.13. The fourth-order valence-electron chi connectivity index (χ4n) is 2.16. The van der Waals surface area contributed by atoms with Gasteiger partial charge in [0.15, 0.2) is 0 Å². The predicted octanol–water partition coefficient (Wildman–Crippen LogP) is 4.06. The lowest BCUT2D eigenvalue weighted by atomic mass is 10.1. The van der Waals surface area contributed by atoms with E-state index in [-0.39, 0.29) is 5.91 Å². The third-order valence-corrected chi connectivity index (χ3v) is 4.50. The van der Waals surface area contributed by atoms with Crippen molar-refractivity contribution < 1.29 is 4.79 Å². The van der Waals surface area contributed by atoms with Gasteiger partial charge >= 0.3 is 0 Å². The lowest BCUT2D eigenvalue weighted by Gasteiger charge is -2.12. The molecule has 5 heteroatoms. The minimum atomic E-state index is -0.173. The van der Waals surface area contributed by atoms with Crippen LogP contribution in [0.3, 0.4) is 0 Å². The van der Waals surface area contributed by atoms with Crippen LogP contribution in [0.1, 0.15) is 27.2 Å². The van der Waals surface area contributed by atoms with Crippen LogP contribution in [0.25, 0.3) is 0 Å². The Hall–Kier alpha value is -1.88. The number of anilines is 2. The smallest absolute Gasteiger partial charge is 0.259 e. The number of hydrogen-bond acceptors (Lipinski definition) is 3. The number of benzene rings is 1. The number of nitrogens with zero attached hydrogens (tertiary/aromatic N) is 1. The Kier molecular flexibility index (Phi) is 4.63. The van der Waals surface area contributed by atoms with Crippen LogP contribution >= 0.6 is 15.9 Å². The summed E-state index contributed by atoms with van der Waals surface area (Å²) in [6.07, 6.45) is 1.59. The zero-order valence-electron chi connectivity index (χ0n) is 12.5. The number of halogens is 1. The molecule has 0 saturated heterocycles. The topological polar surface area (TPSA) is 54.0 Å². The van der Waals surface area contributed by atoms with Gasteiger partial charge in [0.1, 0.15) is 0 Å². The van der Waals surface area contributed by atoms with Gasteiger partial charge in [-0.25, -0.2) is 0 Å². The summed E-state index contributed by atoms with van der Waals surface area (Å²) in [5, 5.41) is 5.95. The van der Waals surface area contributed by atoms with Crippen molar-refractivity contribution >= 4 is 33.2 Å². The maximum atomic E-state index is 12.4. The molecule has 0 aliphatic carbocycles. The Balaban J connectivity index is 2.30. The van der Waals surface area contributed by atoms with Gasteiger partial charge in [0.05, 0.1) is 11.3 Å². The maximum absolute atomic E-state index is 12.4. The molecule has 0 aliphatic rings. The molecule has 21 heavy (non-hydrogen) atoms. The number of carbonyl (C=O) groups is 1. The summed E-state index contributed by atoms with van der Waals surface area (Å²) in [4.78, 5) is 16.6. The molecule has 0 radical (unpaired) electrons. The van der Waals surface area contributed by atoms with Crippen LogP contribution in [-0.4, -0.2) is 17.9 Å². The normalized spacial score (nSPS) is 10.3. The fraction of sp³-hybridized carbons (Fsp3) is 0.250. The van der Waals surface area contributed by atoms with E-state index in [9.17, 15) is 4.79 Å². The Morgan fingerprint density at radius 2 is 1.76 bits per heavy atom. The van der Waals surface area contributed by atoms with Crippen LogP contribution in [0.4, 0.5) is 11.4 Å². The van der Waals surface area contributed by atoms with E-state index in [0.29, 0.717) is 5.56 Å². The van der Waals surface area contributed by atoms with Crippen LogP contribution in [-0.2, 0) is 0 Å². The van der Waals surface area contributed by atoms with Crippen molar-refractivity contribution in [3.05, 3.63) is 51.3 Å². The summed E-state index contributed by atoms with van der Waals surface area (Å²) in [7, 11) is 1.79. The first-order chi connectivity index (χ1) is 9.92. The maximum Gasteiger partial charge on any atom is 0.259 e. The van der Waals surface area contributed by atoms with Gasteiger partial charge in [0.25, 0.3) is 5.91 Å². The average Bonchev–Trinajstić information content (AvgIpc) is 2.44. The molecular formula is C16H18BrN3O. The van der Waals surface area contributed by atoms with Gasteiger partial charge in [0.2, 0.25) is 0 Å². The van der Waals surface area contributed by atoms with Crippen LogP contribution in [0, 0.1) is 20.8 Å². The van der Waals surface area contributed by atoms with Gasteiger partial charge in [-0.3, -0.25) is 9.78 Å². The first-order valence-electron chi connectivity index (χ1n) is 6.65. The van der Waals surface area contributed by atoms with Crippen LogP contribution in [0.2, 0.25) is 0 Å². The van der Waals surface area contributed by atoms with Crippen molar-refractivity contribution in [2.75, 3.05) is 17.7 Å². The number of aryl methyl sites for hydroxylation is 3. The van der Waals surface area contributed by atoms with E-state index in [1.807, 2.05) is 39.0 Å². The van der Waals surface area contributed by atoms with Crippen molar-refractivity contribution in [2.24, 2.45) is 0 Å². The monoisotopic (exact) mass is 347 g/mol. The SMILES string of the molecule is CNc1cc(C)ncc1C(=O)Nc1cc(C)c(Br)c(C)c1. The molecule has 4 nitrogen and oxygen atoms in total. The largest absolute Gasteiger partial charge is 0.387 e. The highest BCUT2D eigenvalue weighted by atomic mass is 79.9. The molecular weight excluding hydrogens is 330 g/mol. The molecule has 0 saturated carbocycles. The molecule has 2 rings (SSSR count). The fourth-order valence-corrected chi connectivity index (χ4v) is 2.39. The number of hydrogen-bond donors (Lipinski definition) is 2. The summed E-state index contributed by atoms with van der Waals surface area (Å²) < 4.78 is 1.06. The first kappa shape index (κ1) is 15.5. The van der Waals surface area contributed by atoms with Crippen molar-refractivity contribution in [3.8, 4) is 0 Å². The number of nitrogens with one attached hydrogen (secondary N) is 2. The van der Waals surface area contributed by atoms with E-state index in [2.05, 4.69) is 31.5 Å². The van der Waals surface area contributed by atoms with E-state index in [1.54, 1.807) is 13.2 Å². The second-order valence-corrected chi connectivity index (χ2v) is 5.79. The molecule has 0 aliphatic heterocycles. The summed E-state index contributed by atoms with van der Waals surface area (Å²) >= 11 is 3.52. The number of pyridine rings is 1. The number of rotatable bonds is 3.